The number of H-pyrrole nitrogens is 1. The van der Waals surface area contributed by atoms with Gasteiger partial charge in [-0.1, -0.05) is 96.8 Å². The summed E-state index contributed by atoms with van der Waals surface area (Å²) in [6, 6.07) is 0. The molecule has 1 aliphatic rings. The molecule has 0 saturated carbocycles. The average Bonchev–Trinajstić information content (AvgIpc) is 3.49. The number of aromatic amines is 1. The fourth-order valence-electron chi connectivity index (χ4n) is 6.04. The van der Waals surface area contributed by atoms with Crippen LogP contribution in [0.4, 0.5) is 0 Å². The van der Waals surface area contributed by atoms with Gasteiger partial charge in [-0.3, -0.25) is 23.7 Å². The molecule has 1 fully saturated rings. The van der Waals surface area contributed by atoms with Crippen LogP contribution in [0.15, 0.2) is 15.8 Å². The van der Waals surface area contributed by atoms with E-state index in [1.54, 1.807) is 13.8 Å². The van der Waals surface area contributed by atoms with E-state index in [1.807, 2.05) is 0 Å². The maximum atomic E-state index is 12.5. The summed E-state index contributed by atoms with van der Waals surface area (Å²) in [7, 11) is -4.88. The number of nitrogens with one attached hydrogen (secondary N) is 2. The van der Waals surface area contributed by atoms with Crippen LogP contribution >= 0.6 is 7.82 Å². The van der Waals surface area contributed by atoms with Crippen LogP contribution in [0.3, 0.4) is 0 Å². The molecule has 12 nitrogen and oxygen atoms in total. The largest absolute Gasteiger partial charge is 0.469 e. The average molecular weight is 674 g/mol. The van der Waals surface area contributed by atoms with Gasteiger partial charge in [-0.25, -0.2) is 9.36 Å². The van der Waals surface area contributed by atoms with E-state index in [1.165, 1.54) is 87.8 Å². The highest BCUT2D eigenvalue weighted by Crippen LogP contribution is 2.42. The van der Waals surface area contributed by atoms with E-state index >= 15 is 0 Å². The smallest absolute Gasteiger partial charge is 0.377 e. The Labute approximate surface area is 274 Å². The molecule has 2 unspecified atom stereocenters. The van der Waals surface area contributed by atoms with Crippen molar-refractivity contribution in [1.29, 1.82) is 0 Å². The van der Waals surface area contributed by atoms with E-state index in [4.69, 9.17) is 14.0 Å². The van der Waals surface area contributed by atoms with Gasteiger partial charge in [0.2, 0.25) is 5.91 Å². The van der Waals surface area contributed by atoms with E-state index in [-0.39, 0.29) is 18.9 Å². The zero-order valence-electron chi connectivity index (χ0n) is 28.4. The third kappa shape index (κ3) is 16.8. The number of carbonyl (C=O) groups is 1. The molecule has 13 heteroatoms. The predicted molar refractivity (Wildman–Crippen MR) is 179 cm³/mol. The van der Waals surface area contributed by atoms with Crippen molar-refractivity contribution in [3.63, 3.8) is 0 Å². The van der Waals surface area contributed by atoms with Crippen LogP contribution in [0.25, 0.3) is 0 Å². The zero-order chi connectivity index (χ0) is 33.8. The molecule has 0 bridgehead atoms. The number of hydrogen-bond donors (Lipinski definition) is 4. The molecule has 0 radical (unpaired) electrons. The standard InChI is InChI=1S/C33H60N3O9P/c1-4-6-7-8-9-10-11-12-13-14-15-16-17-18-19-20-30(37)34-24-27(43-5-2)23-29(45-46(40,41)42)28-21-22-31(44-28)36-25-26(3)32(38)35-33(36)39/h25,27-29,31H,4-24H2,1-3H3,(H,34,37)(H,35,38,39)(H2,40,41,42)/t27?,28-,29?,31+/m0/s1. The molecular formula is C33H60N3O9P. The molecule has 4 atom stereocenters. The highest BCUT2D eigenvalue weighted by Gasteiger charge is 2.38. The quantitative estimate of drug-likeness (QED) is 0.0663. The minimum atomic E-state index is -4.88. The van der Waals surface area contributed by atoms with Crippen molar-refractivity contribution in [3.05, 3.63) is 32.6 Å². The van der Waals surface area contributed by atoms with Gasteiger partial charge in [0.15, 0.2) is 0 Å². The maximum absolute atomic E-state index is 12.5. The zero-order valence-corrected chi connectivity index (χ0v) is 29.3. The van der Waals surface area contributed by atoms with E-state index in [0.717, 1.165) is 19.3 Å². The Bertz CT molecular complexity index is 1150. The number of aryl methyl sites for hydroxylation is 1. The van der Waals surface area contributed by atoms with Gasteiger partial charge in [0.25, 0.3) is 5.56 Å². The second kappa shape index (κ2) is 22.7. The van der Waals surface area contributed by atoms with Crippen molar-refractivity contribution in [1.82, 2.24) is 14.9 Å². The first kappa shape index (κ1) is 40.4. The maximum Gasteiger partial charge on any atom is 0.469 e. The second-order valence-electron chi connectivity index (χ2n) is 12.6. The summed E-state index contributed by atoms with van der Waals surface area (Å²) in [5, 5.41) is 2.90. The SMILES string of the molecule is CCCCCCCCCCCCCCCCCC(=O)NCC(CC(OP(=O)(O)O)[C@@H]1CC[C@H](n2cc(C)c(=O)[nH]c2=O)O1)OCC. The summed E-state index contributed by atoms with van der Waals surface area (Å²) in [4.78, 5) is 58.0. The van der Waals surface area contributed by atoms with Crippen LogP contribution in [0.1, 0.15) is 148 Å². The molecule has 46 heavy (non-hydrogen) atoms. The Balaban J connectivity index is 1.70. The van der Waals surface area contributed by atoms with E-state index < -0.39 is 43.6 Å². The minimum absolute atomic E-state index is 0.0646. The van der Waals surface area contributed by atoms with Gasteiger partial charge in [0.05, 0.1) is 18.3 Å². The first-order valence-corrected chi connectivity index (χ1v) is 19.2. The highest BCUT2D eigenvalue weighted by atomic mass is 31.2. The third-order valence-electron chi connectivity index (χ3n) is 8.61. The number of carbonyl (C=O) groups excluding carboxylic acids is 1. The fraction of sp³-hybridized carbons (Fsp3) is 0.848. The molecule has 266 valence electrons. The number of hydrogen-bond acceptors (Lipinski definition) is 7. The van der Waals surface area contributed by atoms with Crippen LogP contribution in [0.2, 0.25) is 0 Å². The van der Waals surface area contributed by atoms with Gasteiger partial charge >= 0.3 is 13.5 Å². The van der Waals surface area contributed by atoms with Gasteiger partial charge in [0, 0.05) is 37.8 Å². The van der Waals surface area contributed by atoms with E-state index in [9.17, 15) is 28.7 Å². The Morgan fingerprint density at radius 2 is 1.54 bits per heavy atom. The Hall–Kier alpha value is -1.82. The van der Waals surface area contributed by atoms with Crippen molar-refractivity contribution >= 4 is 13.7 Å². The van der Waals surface area contributed by atoms with E-state index in [0.29, 0.717) is 31.4 Å². The van der Waals surface area contributed by atoms with Crippen molar-refractivity contribution in [3.8, 4) is 0 Å². The normalized spacial score (nSPS) is 18.1. The summed E-state index contributed by atoms with van der Waals surface area (Å²) in [6.07, 6.45) is 18.5. The molecule has 1 aromatic rings. The molecule has 0 aliphatic carbocycles. The molecule has 0 spiro atoms. The molecule has 1 aliphatic heterocycles. The topological polar surface area (TPSA) is 169 Å². The van der Waals surface area contributed by atoms with Gasteiger partial charge in [0.1, 0.15) is 6.23 Å². The predicted octanol–water partition coefficient (Wildman–Crippen LogP) is 6.17. The summed E-state index contributed by atoms with van der Waals surface area (Å²) >= 11 is 0. The third-order valence-corrected chi connectivity index (χ3v) is 9.15. The summed E-state index contributed by atoms with van der Waals surface area (Å²) in [6.45, 7) is 6.13. The van der Waals surface area contributed by atoms with Gasteiger partial charge in [-0.15, -0.1) is 0 Å². The van der Waals surface area contributed by atoms with Crippen LogP contribution in [-0.2, 0) is 23.4 Å². The number of ether oxygens (including phenoxy) is 2. The molecule has 0 aromatic carbocycles. The van der Waals surface area contributed by atoms with Gasteiger partial charge in [-0.05, 0) is 33.1 Å². The number of phosphoric acid groups is 1. The lowest BCUT2D eigenvalue weighted by Gasteiger charge is -2.28. The Morgan fingerprint density at radius 1 is 0.978 bits per heavy atom. The molecule has 2 heterocycles. The molecule has 2 rings (SSSR count). The summed E-state index contributed by atoms with van der Waals surface area (Å²) in [5.41, 5.74) is -0.774. The Morgan fingerprint density at radius 3 is 2.09 bits per heavy atom. The van der Waals surface area contributed by atoms with Crippen LogP contribution in [-0.4, -0.2) is 56.7 Å². The molecular weight excluding hydrogens is 613 g/mol. The Kier molecular flexibility index (Phi) is 19.9. The van der Waals surface area contributed by atoms with Crippen LogP contribution in [0, 0.1) is 6.92 Å². The number of aromatic nitrogens is 2. The number of unbranched alkanes of at least 4 members (excludes halogenated alkanes) is 14. The summed E-state index contributed by atoms with van der Waals surface area (Å²) < 4.78 is 30.0. The first-order valence-electron chi connectivity index (χ1n) is 17.6. The fourth-order valence-corrected chi connectivity index (χ4v) is 6.61. The molecule has 1 aromatic heterocycles. The number of nitrogens with zero attached hydrogens (tertiary/aromatic N) is 1. The second-order valence-corrected chi connectivity index (χ2v) is 13.8. The minimum Gasteiger partial charge on any atom is -0.377 e. The number of phosphoric ester groups is 1. The first-order chi connectivity index (χ1) is 22.0. The van der Waals surface area contributed by atoms with Crippen LogP contribution < -0.4 is 16.6 Å². The monoisotopic (exact) mass is 673 g/mol. The number of amides is 1. The lowest BCUT2D eigenvalue weighted by atomic mass is 10.0. The lowest BCUT2D eigenvalue weighted by Crippen LogP contribution is -2.39. The van der Waals surface area contributed by atoms with Crippen molar-refractivity contribution in [2.24, 2.45) is 0 Å². The van der Waals surface area contributed by atoms with Crippen molar-refractivity contribution in [2.75, 3.05) is 13.2 Å². The molecule has 4 N–H and O–H groups in total. The van der Waals surface area contributed by atoms with Crippen molar-refractivity contribution in [2.45, 2.75) is 167 Å². The lowest BCUT2D eigenvalue weighted by molar-refractivity contribution is -0.122. The van der Waals surface area contributed by atoms with Gasteiger partial charge in [-0.2, -0.15) is 0 Å². The number of rotatable bonds is 26. The van der Waals surface area contributed by atoms with E-state index in [2.05, 4.69) is 17.2 Å². The molecule has 1 saturated heterocycles. The molecule has 1 amide bonds. The highest BCUT2D eigenvalue weighted by molar-refractivity contribution is 7.46. The van der Waals surface area contributed by atoms with Gasteiger partial charge < -0.3 is 24.6 Å². The summed E-state index contributed by atoms with van der Waals surface area (Å²) in [5.74, 6) is -0.0863. The van der Waals surface area contributed by atoms with Crippen LogP contribution in [0.5, 0.6) is 0 Å². The van der Waals surface area contributed by atoms with Crippen molar-refractivity contribution < 1.29 is 33.1 Å².